The molecular formula is C32H39F2N6O6S+. The molecule has 0 aliphatic carbocycles. The van der Waals surface area contributed by atoms with Crippen molar-refractivity contribution in [2.24, 2.45) is 0 Å². The van der Waals surface area contributed by atoms with Crippen LogP contribution in [-0.4, -0.2) is 64.5 Å². The van der Waals surface area contributed by atoms with Crippen LogP contribution in [0.15, 0.2) is 24.4 Å². The maximum Gasteiger partial charge on any atom is 0.415 e. The number of benzene rings is 1. The van der Waals surface area contributed by atoms with E-state index in [2.05, 4.69) is 25.9 Å². The third-order valence-electron chi connectivity index (χ3n) is 7.46. The molecule has 12 nitrogen and oxygen atoms in total. The number of hydrogen-bond acceptors (Lipinski definition) is 8. The molecule has 3 amide bonds. The van der Waals surface area contributed by atoms with Gasteiger partial charge in [0.1, 0.15) is 27.5 Å². The summed E-state index contributed by atoms with van der Waals surface area (Å²) in [6.45, 7) is 11.9. The molecule has 0 spiro atoms. The molecule has 15 heteroatoms. The van der Waals surface area contributed by atoms with Crippen molar-refractivity contribution in [1.82, 2.24) is 15.3 Å². The van der Waals surface area contributed by atoms with Gasteiger partial charge in [-0.15, -0.1) is 0 Å². The van der Waals surface area contributed by atoms with E-state index in [1.165, 1.54) is 12.3 Å². The Morgan fingerprint density at radius 2 is 1.81 bits per heavy atom. The number of fused-ring (bicyclic) bond motifs is 1. The molecule has 1 saturated heterocycles. The molecule has 47 heavy (non-hydrogen) atoms. The average Bonchev–Trinajstić information content (AvgIpc) is 3.56. The fourth-order valence-electron chi connectivity index (χ4n) is 5.74. The molecule has 0 bridgehead atoms. The lowest BCUT2D eigenvalue weighted by Gasteiger charge is -2.36. The Hall–Kier alpha value is -4.53. The fraction of sp³-hybridized carbons (Fsp3) is 0.469. The minimum atomic E-state index is -1.30. The lowest BCUT2D eigenvalue weighted by Crippen LogP contribution is -2.47. The van der Waals surface area contributed by atoms with Crippen molar-refractivity contribution >= 4 is 44.9 Å². The number of hydrogen-bond donors (Lipinski definition) is 4. The molecule has 2 aliphatic rings. The number of aromatic nitrogens is 2. The number of nitrogens with zero attached hydrogens (tertiary/aromatic N) is 3. The number of nitrogens with one attached hydrogen (secondary N) is 3. The highest BCUT2D eigenvalue weighted by Gasteiger charge is 2.44. The first-order valence-electron chi connectivity index (χ1n) is 15.3. The number of ether oxygens (including phenoxy) is 2. The smallest absolute Gasteiger partial charge is 0.415 e. The third-order valence-corrected chi connectivity index (χ3v) is 10.1. The van der Waals surface area contributed by atoms with E-state index >= 15 is 8.78 Å². The van der Waals surface area contributed by atoms with Crippen molar-refractivity contribution in [1.29, 1.82) is 0 Å². The number of pyridine rings is 1. The van der Waals surface area contributed by atoms with Crippen molar-refractivity contribution in [2.75, 3.05) is 35.2 Å². The summed E-state index contributed by atoms with van der Waals surface area (Å²) in [7, 11) is -1.30. The van der Waals surface area contributed by atoms with Gasteiger partial charge in [0.2, 0.25) is 11.6 Å². The summed E-state index contributed by atoms with van der Waals surface area (Å²) in [5.41, 5.74) is 0.214. The highest BCUT2D eigenvalue weighted by Crippen LogP contribution is 2.53. The van der Waals surface area contributed by atoms with Gasteiger partial charge in [-0.3, -0.25) is 4.79 Å². The van der Waals surface area contributed by atoms with Gasteiger partial charge in [0.05, 0.1) is 24.2 Å². The van der Waals surface area contributed by atoms with E-state index in [9.17, 15) is 19.5 Å². The minimum Gasteiger partial charge on any atom is -0.477 e. The number of carbonyl (C=O) groups excluding carboxylic acids is 2. The van der Waals surface area contributed by atoms with E-state index in [1.807, 2.05) is 25.7 Å². The maximum absolute atomic E-state index is 15.2. The maximum atomic E-state index is 15.2. The fourth-order valence-corrected chi connectivity index (χ4v) is 8.23. The molecule has 0 radical (unpaired) electrons. The van der Waals surface area contributed by atoms with Gasteiger partial charge < -0.3 is 30.1 Å². The van der Waals surface area contributed by atoms with E-state index in [-0.39, 0.29) is 27.3 Å². The van der Waals surface area contributed by atoms with Crippen LogP contribution in [-0.2, 0) is 15.9 Å². The van der Waals surface area contributed by atoms with Gasteiger partial charge in [0.25, 0.3) is 15.9 Å². The van der Waals surface area contributed by atoms with Crippen LogP contribution in [0.5, 0.6) is 5.88 Å². The van der Waals surface area contributed by atoms with E-state index in [4.69, 9.17) is 9.47 Å². The van der Waals surface area contributed by atoms with E-state index in [1.54, 1.807) is 20.8 Å². The number of rotatable bonds is 6. The Kier molecular flexibility index (Phi) is 9.31. The van der Waals surface area contributed by atoms with Crippen LogP contribution in [0, 0.1) is 11.6 Å². The average molecular weight is 674 g/mol. The van der Waals surface area contributed by atoms with Crippen molar-refractivity contribution in [2.45, 2.75) is 77.2 Å². The van der Waals surface area contributed by atoms with Gasteiger partial charge in [-0.1, -0.05) is 6.07 Å². The topological polar surface area (TPSA) is 155 Å². The Balaban J connectivity index is 1.62. The largest absolute Gasteiger partial charge is 0.477 e. The second-order valence-electron chi connectivity index (χ2n) is 13.3. The summed E-state index contributed by atoms with van der Waals surface area (Å²) in [4.78, 5) is 49.7. The number of carbonyl (C=O) groups is 3. The Morgan fingerprint density at radius 1 is 1.11 bits per heavy atom. The summed E-state index contributed by atoms with van der Waals surface area (Å²) in [6.07, 6.45) is 1.34. The van der Waals surface area contributed by atoms with E-state index < -0.39 is 50.5 Å². The lowest BCUT2D eigenvalue weighted by atomic mass is 10.0. The normalized spacial score (nSPS) is 16.6. The molecule has 2 atom stereocenters. The number of anilines is 3. The summed E-state index contributed by atoms with van der Waals surface area (Å²) in [5, 5.41) is 17.5. The summed E-state index contributed by atoms with van der Waals surface area (Å²) in [6, 6.07) is 3.12. The van der Waals surface area contributed by atoms with Crippen LogP contribution in [0.1, 0.15) is 70.4 Å². The second-order valence-corrected chi connectivity index (χ2v) is 16.0. The minimum absolute atomic E-state index is 0.0244. The van der Waals surface area contributed by atoms with Crippen LogP contribution >= 0.6 is 10.5 Å². The molecule has 3 aromatic rings. The Labute approximate surface area is 273 Å². The number of amides is 3. The molecular weight excluding hydrogens is 634 g/mol. The van der Waals surface area contributed by atoms with Gasteiger partial charge in [0, 0.05) is 41.6 Å². The standard InChI is InChI=1S/C32H38F2N6O6S/c1-31(2,3)46-30(44)39-28-23(38-27(47(28)32(4,5)6)22-19(33)10-7-11-20(22)34)25(41)37-21-15-35-26-18(12-14-45-26)24(21)40-13-8-9-17(16-40)36-29(42)43/h7,10-11,15,17,36H,8-9,12-14,16H2,1-6H3,(H2-,37,39,41,42,43,44)/p+1/t17-,47?/m0/s1. The van der Waals surface area contributed by atoms with Gasteiger partial charge in [-0.2, -0.15) is 4.98 Å². The van der Waals surface area contributed by atoms with Gasteiger partial charge in [-0.05, 0) is 66.5 Å². The molecule has 4 heterocycles. The molecule has 0 saturated carbocycles. The number of halogens is 2. The first-order valence-corrected chi connectivity index (χ1v) is 16.5. The predicted molar refractivity (Wildman–Crippen MR) is 175 cm³/mol. The zero-order chi connectivity index (χ0) is 34.3. The van der Waals surface area contributed by atoms with Crippen LogP contribution < -0.4 is 25.6 Å². The van der Waals surface area contributed by atoms with E-state index in [0.29, 0.717) is 56.2 Å². The van der Waals surface area contributed by atoms with Crippen LogP contribution in [0.25, 0.3) is 10.6 Å². The second kappa shape index (κ2) is 12.9. The molecule has 5 rings (SSSR count). The van der Waals surface area contributed by atoms with E-state index in [0.717, 1.165) is 17.7 Å². The van der Waals surface area contributed by atoms with Crippen LogP contribution in [0.4, 0.5) is 34.7 Å². The van der Waals surface area contributed by atoms with Crippen molar-refractivity contribution in [3.8, 4) is 16.5 Å². The van der Waals surface area contributed by atoms with Gasteiger partial charge in [0.15, 0.2) is 0 Å². The predicted octanol–water partition coefficient (Wildman–Crippen LogP) is 6.70. The molecule has 252 valence electrons. The zero-order valence-corrected chi connectivity index (χ0v) is 27.9. The highest BCUT2D eigenvalue weighted by molar-refractivity contribution is 7.39. The quantitative estimate of drug-likeness (QED) is 0.209. The van der Waals surface area contributed by atoms with Crippen LogP contribution in [0.3, 0.4) is 0 Å². The molecule has 2 aromatic heterocycles. The number of thiazole rings is 1. The highest BCUT2D eigenvalue weighted by atomic mass is 32.2. The summed E-state index contributed by atoms with van der Waals surface area (Å²) < 4.78 is 40.9. The van der Waals surface area contributed by atoms with Gasteiger partial charge in [-0.25, -0.2) is 28.7 Å². The lowest BCUT2D eigenvalue weighted by molar-refractivity contribution is 0.0636. The summed E-state index contributed by atoms with van der Waals surface area (Å²) in [5.74, 6) is -2.04. The number of carboxylic acid groups (broad SMARTS) is 1. The van der Waals surface area contributed by atoms with Crippen molar-refractivity contribution in [3.05, 3.63) is 47.3 Å². The third kappa shape index (κ3) is 7.39. The molecule has 1 aromatic carbocycles. The zero-order valence-electron chi connectivity index (χ0n) is 27.1. The molecule has 4 N–H and O–H groups in total. The summed E-state index contributed by atoms with van der Waals surface area (Å²) >= 11 is 0. The molecule has 1 unspecified atom stereocenters. The Morgan fingerprint density at radius 3 is 2.45 bits per heavy atom. The van der Waals surface area contributed by atoms with Crippen LogP contribution in [0.2, 0.25) is 0 Å². The first kappa shape index (κ1) is 33.8. The first-order chi connectivity index (χ1) is 22.0. The Bertz CT molecular complexity index is 1700. The van der Waals surface area contributed by atoms with Gasteiger partial charge >= 0.3 is 12.2 Å². The monoisotopic (exact) mass is 673 g/mol. The number of piperidine rings is 1. The van der Waals surface area contributed by atoms with Crippen molar-refractivity contribution in [3.63, 3.8) is 0 Å². The SMILES string of the molecule is CC(C)(C)OC(=O)Nc1c(C(=O)Nc2cnc3c(c2N2CCC[C@H](NC(=O)O)C2)CCO3)nc(-c2c(F)cccc2F)[s+]1C(C)(C)C. The molecule has 1 fully saturated rings. The molecule has 2 aliphatic heterocycles. The van der Waals surface area contributed by atoms with Crippen molar-refractivity contribution < 1.29 is 37.7 Å².